The molecule has 0 amide bonds. The first-order valence-electron chi connectivity index (χ1n) is 7.18. The molecule has 1 saturated carbocycles. The molecule has 3 rings (SSSR count). The Morgan fingerprint density at radius 2 is 2.11 bits per heavy atom. The second-order valence-electron chi connectivity index (χ2n) is 5.64. The summed E-state index contributed by atoms with van der Waals surface area (Å²) in [6.07, 6.45) is 10.6. The molecule has 3 heteroatoms. The highest BCUT2D eigenvalue weighted by atomic mass is 16.5. The Morgan fingerprint density at radius 3 is 2.89 bits per heavy atom. The highest BCUT2D eigenvalue weighted by Gasteiger charge is 2.38. The molecule has 1 spiro atoms. The molecule has 2 heterocycles. The van der Waals surface area contributed by atoms with Crippen molar-refractivity contribution in [3.8, 4) is 0 Å². The first-order valence-corrected chi connectivity index (χ1v) is 7.18. The zero-order valence-corrected chi connectivity index (χ0v) is 10.9. The van der Waals surface area contributed by atoms with Gasteiger partial charge in [-0.2, -0.15) is 0 Å². The van der Waals surface area contributed by atoms with Gasteiger partial charge in [0.2, 0.25) is 0 Å². The molecule has 98 valence electrons. The van der Waals surface area contributed by atoms with E-state index in [0.717, 1.165) is 25.3 Å². The van der Waals surface area contributed by atoms with Gasteiger partial charge in [-0.1, -0.05) is 25.3 Å². The van der Waals surface area contributed by atoms with Crippen LogP contribution in [0.4, 0.5) is 5.82 Å². The van der Waals surface area contributed by atoms with Crippen LogP contribution in [0.5, 0.6) is 0 Å². The van der Waals surface area contributed by atoms with E-state index in [2.05, 4.69) is 10.3 Å². The summed E-state index contributed by atoms with van der Waals surface area (Å²) < 4.78 is 6.11. The molecule has 1 aliphatic heterocycles. The van der Waals surface area contributed by atoms with Crippen LogP contribution in [0.25, 0.3) is 0 Å². The third-order valence-corrected chi connectivity index (χ3v) is 4.27. The molecule has 2 fully saturated rings. The lowest BCUT2D eigenvalue weighted by molar-refractivity contribution is -0.103. The molecule has 3 nitrogen and oxygen atoms in total. The standard InChI is InChI=1S/C15H22N2O/c1-3-8-15(9-4-1)12-13(7-11-18-15)17-14-6-2-5-10-16-14/h2,5-6,10,13H,1,3-4,7-9,11-12H2,(H,16,17). The summed E-state index contributed by atoms with van der Waals surface area (Å²) in [5, 5.41) is 3.56. The van der Waals surface area contributed by atoms with Crippen LogP contribution in [-0.4, -0.2) is 23.2 Å². The lowest BCUT2D eigenvalue weighted by atomic mass is 9.78. The molecule has 0 aromatic carbocycles. The third-order valence-electron chi connectivity index (χ3n) is 4.27. The Hall–Kier alpha value is -1.09. The molecule has 0 radical (unpaired) electrons. The van der Waals surface area contributed by atoms with E-state index in [1.54, 1.807) is 0 Å². The van der Waals surface area contributed by atoms with Crippen LogP contribution < -0.4 is 5.32 Å². The average molecular weight is 246 g/mol. The van der Waals surface area contributed by atoms with Gasteiger partial charge in [-0.25, -0.2) is 4.98 Å². The second-order valence-corrected chi connectivity index (χ2v) is 5.64. The minimum Gasteiger partial charge on any atom is -0.375 e. The predicted molar refractivity (Wildman–Crippen MR) is 72.6 cm³/mol. The second kappa shape index (κ2) is 5.27. The van der Waals surface area contributed by atoms with Gasteiger partial charge < -0.3 is 10.1 Å². The molecule has 1 unspecified atom stereocenters. The maximum Gasteiger partial charge on any atom is 0.126 e. The molecule has 1 N–H and O–H groups in total. The van der Waals surface area contributed by atoms with Crippen LogP contribution in [0.15, 0.2) is 24.4 Å². The van der Waals surface area contributed by atoms with Crippen LogP contribution in [0.2, 0.25) is 0 Å². The van der Waals surface area contributed by atoms with Gasteiger partial charge in [0.15, 0.2) is 0 Å². The Balaban J connectivity index is 1.63. The summed E-state index contributed by atoms with van der Waals surface area (Å²) in [4.78, 5) is 4.35. The van der Waals surface area contributed by atoms with E-state index in [9.17, 15) is 0 Å². The summed E-state index contributed by atoms with van der Waals surface area (Å²) in [5.74, 6) is 0.996. The quantitative estimate of drug-likeness (QED) is 0.868. The van der Waals surface area contributed by atoms with Crippen LogP contribution in [0.1, 0.15) is 44.9 Å². The predicted octanol–water partition coefficient (Wildman–Crippen LogP) is 3.38. The van der Waals surface area contributed by atoms with Gasteiger partial charge in [-0.15, -0.1) is 0 Å². The first kappa shape index (κ1) is 12.0. The van der Waals surface area contributed by atoms with Crippen LogP contribution in [0, 0.1) is 0 Å². The third kappa shape index (κ3) is 2.66. The number of nitrogens with one attached hydrogen (secondary N) is 1. The van der Waals surface area contributed by atoms with Crippen molar-refractivity contribution < 1.29 is 4.74 Å². The van der Waals surface area contributed by atoms with Gasteiger partial charge in [0.1, 0.15) is 5.82 Å². The van der Waals surface area contributed by atoms with Gasteiger partial charge in [0.05, 0.1) is 5.60 Å². The van der Waals surface area contributed by atoms with Crippen LogP contribution in [-0.2, 0) is 4.74 Å². The SMILES string of the molecule is c1ccc(NC2CCOC3(CCCCC3)C2)nc1. The molecule has 1 aromatic heterocycles. The van der Waals surface area contributed by atoms with Gasteiger partial charge in [0, 0.05) is 18.8 Å². The topological polar surface area (TPSA) is 34.1 Å². The van der Waals surface area contributed by atoms with E-state index in [1.807, 2.05) is 24.4 Å². The summed E-state index contributed by atoms with van der Waals surface area (Å²) in [6, 6.07) is 6.55. The molecule has 1 aliphatic carbocycles. The summed E-state index contributed by atoms with van der Waals surface area (Å²) in [7, 11) is 0. The van der Waals surface area contributed by atoms with Crippen molar-refractivity contribution in [1.29, 1.82) is 0 Å². The molecule has 1 aromatic rings. The van der Waals surface area contributed by atoms with E-state index in [1.165, 1.54) is 32.1 Å². The molecule has 2 aliphatic rings. The minimum atomic E-state index is 0.170. The zero-order valence-electron chi connectivity index (χ0n) is 10.9. The Bertz CT molecular complexity index is 368. The largest absolute Gasteiger partial charge is 0.375 e. The fourth-order valence-corrected chi connectivity index (χ4v) is 3.35. The Morgan fingerprint density at radius 1 is 1.22 bits per heavy atom. The maximum absolute atomic E-state index is 6.11. The van der Waals surface area contributed by atoms with Crippen LogP contribution in [0.3, 0.4) is 0 Å². The van der Waals surface area contributed by atoms with Gasteiger partial charge in [0.25, 0.3) is 0 Å². The fourth-order valence-electron chi connectivity index (χ4n) is 3.35. The number of nitrogens with zero attached hydrogens (tertiary/aromatic N) is 1. The summed E-state index contributed by atoms with van der Waals surface area (Å²) >= 11 is 0. The minimum absolute atomic E-state index is 0.170. The summed E-state index contributed by atoms with van der Waals surface area (Å²) in [6.45, 7) is 0.893. The Labute approximate surface area is 109 Å². The van der Waals surface area contributed by atoms with E-state index >= 15 is 0 Å². The van der Waals surface area contributed by atoms with Gasteiger partial charge >= 0.3 is 0 Å². The van der Waals surface area contributed by atoms with E-state index in [-0.39, 0.29) is 5.60 Å². The molecule has 1 saturated heterocycles. The monoisotopic (exact) mass is 246 g/mol. The highest BCUT2D eigenvalue weighted by molar-refractivity contribution is 5.34. The molecular weight excluding hydrogens is 224 g/mol. The molecule has 1 atom stereocenters. The number of pyridine rings is 1. The van der Waals surface area contributed by atoms with E-state index < -0.39 is 0 Å². The maximum atomic E-state index is 6.11. The number of hydrogen-bond donors (Lipinski definition) is 1. The molecule has 18 heavy (non-hydrogen) atoms. The van der Waals surface area contributed by atoms with Crippen molar-refractivity contribution in [3.63, 3.8) is 0 Å². The van der Waals surface area contributed by atoms with Gasteiger partial charge in [-0.05, 0) is 37.8 Å². The molecular formula is C15H22N2O. The summed E-state index contributed by atoms with van der Waals surface area (Å²) in [5.41, 5.74) is 0.170. The Kier molecular flexibility index (Phi) is 3.50. The fraction of sp³-hybridized carbons (Fsp3) is 0.667. The van der Waals surface area contributed by atoms with Crippen molar-refractivity contribution in [2.24, 2.45) is 0 Å². The zero-order chi connectivity index (χ0) is 12.3. The lowest BCUT2D eigenvalue weighted by Gasteiger charge is -2.43. The van der Waals surface area contributed by atoms with Crippen molar-refractivity contribution in [1.82, 2.24) is 4.98 Å². The smallest absolute Gasteiger partial charge is 0.126 e. The van der Waals surface area contributed by atoms with E-state index in [0.29, 0.717) is 6.04 Å². The first-order chi connectivity index (χ1) is 8.86. The van der Waals surface area contributed by atoms with Crippen LogP contribution >= 0.6 is 0 Å². The van der Waals surface area contributed by atoms with E-state index in [4.69, 9.17) is 4.74 Å². The van der Waals surface area contributed by atoms with Crippen molar-refractivity contribution in [3.05, 3.63) is 24.4 Å². The lowest BCUT2D eigenvalue weighted by Crippen LogP contribution is -2.45. The number of rotatable bonds is 2. The van der Waals surface area contributed by atoms with Crippen molar-refractivity contribution in [2.45, 2.75) is 56.6 Å². The number of hydrogen-bond acceptors (Lipinski definition) is 3. The molecule has 0 bridgehead atoms. The average Bonchev–Trinajstić information content (AvgIpc) is 2.41. The normalized spacial score (nSPS) is 27.0. The van der Waals surface area contributed by atoms with Crippen molar-refractivity contribution >= 4 is 5.82 Å². The number of ether oxygens (including phenoxy) is 1. The van der Waals surface area contributed by atoms with Crippen molar-refractivity contribution in [2.75, 3.05) is 11.9 Å². The van der Waals surface area contributed by atoms with Gasteiger partial charge in [-0.3, -0.25) is 0 Å². The highest BCUT2D eigenvalue weighted by Crippen LogP contribution is 2.39. The number of aromatic nitrogens is 1. The number of anilines is 1.